The first-order valence-electron chi connectivity index (χ1n) is 8.33. The predicted octanol–water partition coefficient (Wildman–Crippen LogP) is 3.34. The number of carbonyl (C=O) groups is 1. The minimum atomic E-state index is -0.500. The van der Waals surface area contributed by atoms with Crippen molar-refractivity contribution in [3.63, 3.8) is 0 Å². The molecule has 0 spiro atoms. The number of nitrogens with zero attached hydrogens (tertiary/aromatic N) is 2. The van der Waals surface area contributed by atoms with E-state index >= 15 is 0 Å². The summed E-state index contributed by atoms with van der Waals surface area (Å²) in [5.41, 5.74) is 1.20. The van der Waals surface area contributed by atoms with Gasteiger partial charge >= 0.3 is 0 Å². The number of carbonyl (C=O) groups excluding carboxylic acids is 1. The zero-order chi connectivity index (χ0) is 19.1. The van der Waals surface area contributed by atoms with Gasteiger partial charge in [0.1, 0.15) is 5.69 Å². The second-order valence-electron chi connectivity index (χ2n) is 6.01. The molecule has 0 aliphatic heterocycles. The van der Waals surface area contributed by atoms with Gasteiger partial charge in [-0.2, -0.15) is 0 Å². The monoisotopic (exact) mass is 429 g/mol. The summed E-state index contributed by atoms with van der Waals surface area (Å²) >= 11 is 0. The molecular formula is C18H25Cl2N5O3. The molecule has 10 heteroatoms. The number of halogens is 2. The smallest absolute Gasteiger partial charge is 0.293 e. The van der Waals surface area contributed by atoms with Gasteiger partial charge in [0.15, 0.2) is 0 Å². The van der Waals surface area contributed by atoms with Crippen LogP contribution in [0.5, 0.6) is 0 Å². The van der Waals surface area contributed by atoms with Crippen molar-refractivity contribution >= 4 is 42.1 Å². The molecule has 1 amide bonds. The summed E-state index contributed by atoms with van der Waals surface area (Å²) in [5, 5.41) is 20.3. The van der Waals surface area contributed by atoms with Gasteiger partial charge in [0.2, 0.25) is 0 Å². The van der Waals surface area contributed by atoms with Crippen LogP contribution in [0.1, 0.15) is 35.9 Å². The first-order chi connectivity index (χ1) is 12.4. The predicted molar refractivity (Wildman–Crippen MR) is 115 cm³/mol. The van der Waals surface area contributed by atoms with Crippen LogP contribution in [0.15, 0.2) is 42.6 Å². The topological polar surface area (TPSA) is 109 Å². The fourth-order valence-corrected chi connectivity index (χ4v) is 2.34. The number of hydrogen-bond acceptors (Lipinski definition) is 6. The lowest BCUT2D eigenvalue weighted by molar-refractivity contribution is -0.384. The number of likely N-dealkylation sites (N-methyl/N-ethyl adjacent to an activating group) is 1. The molecule has 0 aliphatic carbocycles. The van der Waals surface area contributed by atoms with Gasteiger partial charge in [-0.25, -0.2) is 0 Å². The van der Waals surface area contributed by atoms with Gasteiger partial charge < -0.3 is 16.0 Å². The van der Waals surface area contributed by atoms with Crippen molar-refractivity contribution in [1.82, 2.24) is 15.6 Å². The van der Waals surface area contributed by atoms with E-state index < -0.39 is 4.92 Å². The maximum Gasteiger partial charge on any atom is 0.293 e. The summed E-state index contributed by atoms with van der Waals surface area (Å²) in [4.78, 5) is 27.4. The van der Waals surface area contributed by atoms with Crippen LogP contribution in [0.4, 0.5) is 11.4 Å². The number of nitrogens with one attached hydrogen (secondary N) is 3. The van der Waals surface area contributed by atoms with Crippen LogP contribution < -0.4 is 16.0 Å². The molecule has 2 unspecified atom stereocenters. The molecule has 2 aromatic rings. The molecule has 3 N–H and O–H groups in total. The zero-order valence-electron chi connectivity index (χ0n) is 15.8. The minimum absolute atomic E-state index is 0. The molecule has 1 aromatic heterocycles. The number of nitro groups is 1. The number of amides is 1. The highest BCUT2D eigenvalue weighted by atomic mass is 35.5. The van der Waals surface area contributed by atoms with Crippen LogP contribution in [0.25, 0.3) is 0 Å². The lowest BCUT2D eigenvalue weighted by Crippen LogP contribution is -2.37. The molecule has 0 bridgehead atoms. The van der Waals surface area contributed by atoms with Crippen molar-refractivity contribution in [3.05, 3.63) is 64.0 Å². The first-order valence-corrected chi connectivity index (χ1v) is 8.33. The Hall–Kier alpha value is -2.42. The molecule has 0 fully saturated rings. The highest BCUT2D eigenvalue weighted by molar-refractivity contribution is 5.95. The molecule has 1 aromatic carbocycles. The average molecular weight is 430 g/mol. The van der Waals surface area contributed by atoms with Crippen molar-refractivity contribution in [2.45, 2.75) is 25.9 Å². The van der Waals surface area contributed by atoms with Crippen molar-refractivity contribution < 1.29 is 9.72 Å². The highest BCUT2D eigenvalue weighted by Crippen LogP contribution is 2.28. The molecule has 28 heavy (non-hydrogen) atoms. The van der Waals surface area contributed by atoms with Crippen LogP contribution in [-0.2, 0) is 0 Å². The van der Waals surface area contributed by atoms with Gasteiger partial charge in [0.25, 0.3) is 11.6 Å². The molecule has 0 saturated carbocycles. The van der Waals surface area contributed by atoms with Gasteiger partial charge in [0.05, 0.1) is 16.7 Å². The maximum absolute atomic E-state index is 12.2. The molecule has 2 rings (SSSR count). The van der Waals surface area contributed by atoms with E-state index in [4.69, 9.17) is 0 Å². The van der Waals surface area contributed by atoms with E-state index in [0.29, 0.717) is 12.2 Å². The second-order valence-corrected chi connectivity index (χ2v) is 6.01. The standard InChI is InChI=1S/C18H23N5O3.2ClH/c1-12(19-3)11-21-18(24)14-7-8-16(17(10-14)23(25)26)22-13(2)15-6-4-5-9-20-15;;/h4-10,12-13,19,22H,11H2,1-3H3,(H,21,24);2*1H. The van der Waals surface area contributed by atoms with E-state index in [2.05, 4.69) is 20.9 Å². The lowest BCUT2D eigenvalue weighted by Gasteiger charge is -2.15. The molecule has 8 nitrogen and oxygen atoms in total. The number of benzene rings is 1. The van der Waals surface area contributed by atoms with E-state index in [1.165, 1.54) is 6.07 Å². The van der Waals surface area contributed by atoms with E-state index in [1.807, 2.05) is 26.0 Å². The van der Waals surface area contributed by atoms with Crippen LogP contribution in [0, 0.1) is 10.1 Å². The molecule has 0 aliphatic rings. The third-order valence-electron chi connectivity index (χ3n) is 4.02. The Morgan fingerprint density at radius 2 is 1.93 bits per heavy atom. The quantitative estimate of drug-likeness (QED) is 0.438. The van der Waals surface area contributed by atoms with Gasteiger partial charge in [-0.3, -0.25) is 19.9 Å². The average Bonchev–Trinajstić information content (AvgIpc) is 2.66. The number of aromatic nitrogens is 1. The Balaban J connectivity index is 0.00000364. The van der Waals surface area contributed by atoms with E-state index in [1.54, 1.807) is 31.4 Å². The number of nitro benzene ring substituents is 1. The summed E-state index contributed by atoms with van der Waals surface area (Å²) in [6.45, 7) is 4.22. The molecule has 1 heterocycles. The third-order valence-corrected chi connectivity index (χ3v) is 4.02. The van der Waals surface area contributed by atoms with Crippen LogP contribution in [0.3, 0.4) is 0 Å². The maximum atomic E-state index is 12.2. The number of anilines is 1. The largest absolute Gasteiger partial charge is 0.371 e. The fourth-order valence-electron chi connectivity index (χ4n) is 2.34. The van der Waals surface area contributed by atoms with Crippen molar-refractivity contribution in [1.29, 1.82) is 0 Å². The van der Waals surface area contributed by atoms with Crippen LogP contribution >= 0.6 is 24.8 Å². The minimum Gasteiger partial charge on any atom is -0.371 e. The summed E-state index contributed by atoms with van der Waals surface area (Å²) in [6, 6.07) is 9.80. The van der Waals surface area contributed by atoms with Crippen LogP contribution in [-0.4, -0.2) is 35.4 Å². The van der Waals surface area contributed by atoms with Crippen LogP contribution in [0.2, 0.25) is 0 Å². The van der Waals surface area contributed by atoms with E-state index in [0.717, 1.165) is 5.69 Å². The van der Waals surface area contributed by atoms with Crippen molar-refractivity contribution in [2.75, 3.05) is 18.9 Å². The Bertz CT molecular complexity index is 777. The summed E-state index contributed by atoms with van der Waals surface area (Å²) < 4.78 is 0. The van der Waals surface area contributed by atoms with Crippen molar-refractivity contribution in [2.24, 2.45) is 0 Å². The molecule has 0 radical (unpaired) electrons. The highest BCUT2D eigenvalue weighted by Gasteiger charge is 2.19. The summed E-state index contributed by atoms with van der Waals surface area (Å²) in [5.74, 6) is -0.348. The second kappa shape index (κ2) is 12.1. The van der Waals surface area contributed by atoms with E-state index in [-0.39, 0.29) is 54.1 Å². The lowest BCUT2D eigenvalue weighted by atomic mass is 10.1. The third kappa shape index (κ3) is 6.95. The molecular weight excluding hydrogens is 405 g/mol. The van der Waals surface area contributed by atoms with Gasteiger partial charge in [-0.15, -0.1) is 24.8 Å². The SMILES string of the molecule is CNC(C)CNC(=O)c1ccc(NC(C)c2ccccn2)c([N+](=O)[O-])c1.Cl.Cl. The summed E-state index contributed by atoms with van der Waals surface area (Å²) in [7, 11) is 1.80. The number of hydrogen-bond donors (Lipinski definition) is 3. The number of rotatable bonds is 8. The zero-order valence-corrected chi connectivity index (χ0v) is 17.5. The van der Waals surface area contributed by atoms with Crippen molar-refractivity contribution in [3.8, 4) is 0 Å². The molecule has 2 atom stereocenters. The molecule has 154 valence electrons. The molecule has 0 saturated heterocycles. The Morgan fingerprint density at radius 3 is 2.50 bits per heavy atom. The Labute approximate surface area is 176 Å². The van der Waals surface area contributed by atoms with Gasteiger partial charge in [0, 0.05) is 30.4 Å². The number of pyridine rings is 1. The summed E-state index contributed by atoms with van der Waals surface area (Å²) in [6.07, 6.45) is 1.67. The Morgan fingerprint density at radius 1 is 1.21 bits per heavy atom. The van der Waals surface area contributed by atoms with Gasteiger partial charge in [-0.1, -0.05) is 6.07 Å². The fraction of sp³-hybridized carbons (Fsp3) is 0.333. The van der Waals surface area contributed by atoms with Gasteiger partial charge in [-0.05, 0) is 45.2 Å². The van der Waals surface area contributed by atoms with E-state index in [9.17, 15) is 14.9 Å². The normalized spacial score (nSPS) is 12.0. The Kier molecular flexibility index (Phi) is 11.1. The first kappa shape index (κ1) is 25.6.